The summed E-state index contributed by atoms with van der Waals surface area (Å²) in [6.07, 6.45) is 0. The van der Waals surface area contributed by atoms with Crippen LogP contribution in [0.15, 0.2) is 0 Å². The van der Waals surface area contributed by atoms with Crippen molar-refractivity contribution in [1.29, 1.82) is 0 Å². The molecule has 0 spiro atoms. The topological polar surface area (TPSA) is 198 Å². The van der Waals surface area contributed by atoms with Crippen LogP contribution in [0.2, 0.25) is 0 Å². The summed E-state index contributed by atoms with van der Waals surface area (Å²) < 4.78 is 0. The second kappa shape index (κ2) is 15.1. The quantitative estimate of drug-likeness (QED) is 0.343. The van der Waals surface area contributed by atoms with Gasteiger partial charge in [-0.05, 0) is 20.8 Å². The first kappa shape index (κ1) is 26.6. The van der Waals surface area contributed by atoms with Crippen molar-refractivity contribution in [1.82, 2.24) is 0 Å². The Bertz CT molecular complexity index is 228. The maximum Gasteiger partial charge on any atom is 3.00 e. The van der Waals surface area contributed by atoms with Crippen LogP contribution < -0.4 is 32.5 Å². The molecule has 0 aromatic heterocycles. The summed E-state index contributed by atoms with van der Waals surface area (Å²) >= 11 is 0. The molecule has 9 nitrogen and oxygen atoms in total. The third-order valence-electron chi connectivity index (χ3n) is 1.12. The van der Waals surface area contributed by atoms with Gasteiger partial charge in [-0.15, -0.1) is 0 Å². The molecule has 0 amide bonds. The van der Waals surface area contributed by atoms with Gasteiger partial charge in [0, 0.05) is 18.1 Å². The summed E-state index contributed by atoms with van der Waals surface area (Å²) in [4.78, 5) is 28.4. The normalized spacial score (nSPS) is 12.9. The third-order valence-corrected chi connectivity index (χ3v) is 1.12. The number of rotatable bonds is 3. The van der Waals surface area contributed by atoms with Crippen LogP contribution in [0.25, 0.3) is 0 Å². The van der Waals surface area contributed by atoms with Gasteiger partial charge < -0.3 is 46.9 Å². The molecule has 0 bridgehead atoms. The van der Waals surface area contributed by atoms with Gasteiger partial charge in [-0.25, -0.2) is 0 Å². The third kappa shape index (κ3) is 31.6. The number of aliphatic carboxylic acids is 3. The zero-order valence-electron chi connectivity index (χ0n) is 10.7. The van der Waals surface area contributed by atoms with E-state index in [-0.39, 0.29) is 22.4 Å². The van der Waals surface area contributed by atoms with Crippen molar-refractivity contribution >= 4 is 17.9 Å². The summed E-state index contributed by atoms with van der Waals surface area (Å²) in [5.41, 5.74) is 14.3. The first-order valence-corrected chi connectivity index (χ1v) is 4.82. The second-order valence-electron chi connectivity index (χ2n) is 3.32. The number of carboxylic acid groups (broad SMARTS) is 3. The van der Waals surface area contributed by atoms with Crippen molar-refractivity contribution in [3.63, 3.8) is 0 Å². The van der Waals surface area contributed by atoms with Crippen molar-refractivity contribution in [3.8, 4) is 0 Å². The molecule has 0 aliphatic rings. The number of carboxylic acids is 3. The average molecular weight is 461 g/mol. The molecule has 0 heterocycles. The van der Waals surface area contributed by atoms with Gasteiger partial charge in [0.15, 0.2) is 0 Å². The molecule has 0 aliphatic carbocycles. The van der Waals surface area contributed by atoms with Gasteiger partial charge in [-0.2, -0.15) is 0 Å². The van der Waals surface area contributed by atoms with Crippen LogP contribution in [0.1, 0.15) is 20.8 Å². The van der Waals surface area contributed by atoms with Gasteiger partial charge in [0.2, 0.25) is 0 Å². The summed E-state index contributed by atoms with van der Waals surface area (Å²) in [6.45, 7) is 4.07. The molecule has 0 radical (unpaired) electrons. The largest absolute Gasteiger partial charge is 3.00 e. The molecule has 6 N–H and O–H groups in total. The Balaban J connectivity index is -0.0000000865. The van der Waals surface area contributed by atoms with Crippen molar-refractivity contribution in [3.05, 3.63) is 0 Å². The molecule has 0 aromatic carbocycles. The van der Waals surface area contributed by atoms with Gasteiger partial charge in [-0.3, -0.25) is 0 Å². The molecule has 0 aliphatic heterocycles. The van der Waals surface area contributed by atoms with E-state index >= 15 is 0 Å². The molecule has 0 rings (SSSR count). The number of hydrogen-bond donors (Lipinski definition) is 3. The summed E-state index contributed by atoms with van der Waals surface area (Å²) in [6, 6.07) is -2.53. The second-order valence-corrected chi connectivity index (χ2v) is 3.32. The number of carbonyl (C=O) groups excluding carboxylic acids is 3. The van der Waals surface area contributed by atoms with E-state index in [4.69, 9.17) is 17.2 Å². The van der Waals surface area contributed by atoms with Crippen LogP contribution in [0.5, 0.6) is 0 Å². The Morgan fingerprint density at radius 3 is 0.737 bits per heavy atom. The van der Waals surface area contributed by atoms with E-state index in [1.165, 1.54) is 20.8 Å². The van der Waals surface area contributed by atoms with E-state index in [0.717, 1.165) is 0 Å². The number of hydrogen-bond acceptors (Lipinski definition) is 9. The SMILES string of the molecule is C[C@H](N)C(=O)[O-].C[C@H](N)C(=O)[O-].C[C@H](N)C(=O)[O-].[Au+3]. The molecule has 116 valence electrons. The van der Waals surface area contributed by atoms with E-state index in [9.17, 15) is 29.7 Å². The molecule has 10 heteroatoms. The molecule has 0 aromatic rings. The van der Waals surface area contributed by atoms with Crippen LogP contribution in [0.3, 0.4) is 0 Å². The van der Waals surface area contributed by atoms with E-state index in [1.807, 2.05) is 0 Å². The molecule has 0 fully saturated rings. The molecule has 0 unspecified atom stereocenters. The van der Waals surface area contributed by atoms with Gasteiger partial charge in [0.25, 0.3) is 0 Å². The summed E-state index contributed by atoms with van der Waals surface area (Å²) in [7, 11) is 0. The Morgan fingerprint density at radius 1 is 0.684 bits per heavy atom. The molecule has 0 saturated carbocycles. The van der Waals surface area contributed by atoms with Gasteiger partial charge in [0.05, 0.1) is 17.9 Å². The minimum absolute atomic E-state index is 0. The van der Waals surface area contributed by atoms with Crippen molar-refractivity contribution < 1.29 is 52.1 Å². The first-order chi connectivity index (χ1) is 7.93. The van der Waals surface area contributed by atoms with E-state index in [0.29, 0.717) is 0 Å². The smallest absolute Gasteiger partial charge is 0.548 e. The molecular weight excluding hydrogens is 443 g/mol. The Hall–Kier alpha value is -0.970. The Morgan fingerprint density at radius 2 is 0.737 bits per heavy atom. The Labute approximate surface area is 126 Å². The van der Waals surface area contributed by atoms with Crippen LogP contribution in [-0.4, -0.2) is 36.0 Å². The van der Waals surface area contributed by atoms with Gasteiger partial charge in [-0.1, -0.05) is 0 Å². The minimum Gasteiger partial charge on any atom is -0.548 e. The fraction of sp³-hybridized carbons (Fsp3) is 0.667. The van der Waals surface area contributed by atoms with E-state index in [1.54, 1.807) is 0 Å². The van der Waals surface area contributed by atoms with Gasteiger partial charge >= 0.3 is 22.4 Å². The Kier molecular flexibility index (Phi) is 21.1. The first-order valence-electron chi connectivity index (χ1n) is 4.82. The maximum atomic E-state index is 9.46. The molecule has 19 heavy (non-hydrogen) atoms. The molecule has 0 saturated heterocycles. The van der Waals surface area contributed by atoms with E-state index < -0.39 is 36.0 Å². The van der Waals surface area contributed by atoms with Crippen molar-refractivity contribution in [2.45, 2.75) is 38.9 Å². The van der Waals surface area contributed by atoms with Crippen LogP contribution in [0, 0.1) is 0 Å². The van der Waals surface area contributed by atoms with Gasteiger partial charge in [0.1, 0.15) is 0 Å². The molecular formula is C9H18AuN3O6. The van der Waals surface area contributed by atoms with Crippen LogP contribution in [0.4, 0.5) is 0 Å². The zero-order valence-corrected chi connectivity index (χ0v) is 12.9. The fourth-order valence-corrected chi connectivity index (χ4v) is 0. The standard InChI is InChI=1S/3C3H7NO2.Au/c3*1-2(4)3(5)6;/h3*2H,4H2,1H3,(H,5,6);/q;;;+3/p-3/t3*2-;/m000./s1. The van der Waals surface area contributed by atoms with Crippen LogP contribution in [-0.2, 0) is 36.8 Å². The van der Waals surface area contributed by atoms with Crippen molar-refractivity contribution in [2.75, 3.05) is 0 Å². The minimum atomic E-state index is -1.21. The van der Waals surface area contributed by atoms with Crippen molar-refractivity contribution in [2.24, 2.45) is 17.2 Å². The summed E-state index contributed by atoms with van der Waals surface area (Å²) in [5, 5.41) is 28.4. The average Bonchev–Trinajstić information content (AvgIpc) is 2.18. The maximum absolute atomic E-state index is 9.46. The summed E-state index contributed by atoms with van der Waals surface area (Å²) in [5.74, 6) is -3.64. The monoisotopic (exact) mass is 461 g/mol. The predicted molar refractivity (Wildman–Crippen MR) is 56.0 cm³/mol. The van der Waals surface area contributed by atoms with E-state index in [2.05, 4.69) is 0 Å². The van der Waals surface area contributed by atoms with Crippen LogP contribution >= 0.6 is 0 Å². The number of carbonyl (C=O) groups is 3. The molecule has 3 atom stereocenters. The fourth-order valence-electron chi connectivity index (χ4n) is 0. The zero-order chi connectivity index (χ0) is 15.5. The number of nitrogens with two attached hydrogens (primary N) is 3. The predicted octanol–water partition coefficient (Wildman–Crippen LogP) is -5.75.